The summed E-state index contributed by atoms with van der Waals surface area (Å²) in [6.45, 7) is 1.82. The third-order valence-electron chi connectivity index (χ3n) is 3.17. The van der Waals surface area contributed by atoms with E-state index < -0.39 is 11.6 Å². The van der Waals surface area contributed by atoms with E-state index >= 15 is 0 Å². The van der Waals surface area contributed by atoms with E-state index in [1.165, 1.54) is 12.1 Å². The highest BCUT2D eigenvalue weighted by molar-refractivity contribution is 5.60. The Morgan fingerprint density at radius 3 is 2.19 bits per heavy atom. The first-order chi connectivity index (χ1) is 10.0. The molecule has 1 N–H and O–H groups in total. The lowest BCUT2D eigenvalue weighted by Crippen LogP contribution is -2.08. The van der Waals surface area contributed by atoms with Gasteiger partial charge in [0.25, 0.3) is 0 Å². The number of ether oxygens (including phenoxy) is 2. The van der Waals surface area contributed by atoms with E-state index in [9.17, 15) is 8.78 Å². The molecule has 0 bridgehead atoms. The Labute approximate surface area is 122 Å². The Bertz CT molecular complexity index is 611. The molecule has 5 heteroatoms. The number of hydrogen-bond acceptors (Lipinski definition) is 3. The lowest BCUT2D eigenvalue weighted by atomic mass is 10.1. The summed E-state index contributed by atoms with van der Waals surface area (Å²) in [4.78, 5) is 0. The van der Waals surface area contributed by atoms with Crippen LogP contribution in [0.4, 0.5) is 14.5 Å². The summed E-state index contributed by atoms with van der Waals surface area (Å²) in [5, 5.41) is 3.17. The quantitative estimate of drug-likeness (QED) is 0.898. The second-order valence-corrected chi connectivity index (χ2v) is 4.64. The summed E-state index contributed by atoms with van der Waals surface area (Å²) in [7, 11) is 3.12. The molecule has 0 saturated heterocycles. The average Bonchev–Trinajstić information content (AvgIpc) is 2.46. The number of anilines is 1. The van der Waals surface area contributed by atoms with Crippen LogP contribution < -0.4 is 14.8 Å². The molecule has 0 aliphatic carbocycles. The summed E-state index contributed by atoms with van der Waals surface area (Å²) in [6, 6.07) is 8.49. The molecule has 2 aromatic rings. The maximum Gasteiger partial charge on any atom is 0.145 e. The van der Waals surface area contributed by atoms with Gasteiger partial charge in [0.05, 0.1) is 19.9 Å². The minimum absolute atomic E-state index is 0.280. The lowest BCUT2D eigenvalue weighted by molar-refractivity contribution is 0.395. The molecule has 0 saturated carbocycles. The van der Waals surface area contributed by atoms with Gasteiger partial charge in [-0.1, -0.05) is 0 Å². The largest absolute Gasteiger partial charge is 0.497 e. The lowest BCUT2D eigenvalue weighted by Gasteiger charge is -2.18. The zero-order valence-electron chi connectivity index (χ0n) is 12.1. The smallest absolute Gasteiger partial charge is 0.145 e. The van der Waals surface area contributed by atoms with Crippen molar-refractivity contribution >= 4 is 5.69 Å². The van der Waals surface area contributed by atoms with Gasteiger partial charge in [0, 0.05) is 18.2 Å². The molecule has 0 fully saturated rings. The standard InChI is InChI=1S/C16H17F2NO2/c1-10(11-6-12(17)8-13(18)7-11)19-15-5-4-14(20-2)9-16(15)21-3/h4-10,19H,1-3H3. The summed E-state index contributed by atoms with van der Waals surface area (Å²) < 4.78 is 36.9. The van der Waals surface area contributed by atoms with Crippen LogP contribution in [0.2, 0.25) is 0 Å². The molecule has 2 aromatic carbocycles. The second kappa shape index (κ2) is 6.43. The maximum absolute atomic E-state index is 13.3. The number of benzene rings is 2. The van der Waals surface area contributed by atoms with Gasteiger partial charge in [0.15, 0.2) is 0 Å². The van der Waals surface area contributed by atoms with Gasteiger partial charge in [-0.15, -0.1) is 0 Å². The third kappa shape index (κ3) is 3.62. The highest BCUT2D eigenvalue weighted by Gasteiger charge is 2.12. The average molecular weight is 293 g/mol. The summed E-state index contributed by atoms with van der Waals surface area (Å²) >= 11 is 0. The molecule has 1 atom stereocenters. The molecule has 2 rings (SSSR count). The molecule has 0 aliphatic heterocycles. The van der Waals surface area contributed by atoms with Gasteiger partial charge < -0.3 is 14.8 Å². The summed E-state index contributed by atoms with van der Waals surface area (Å²) in [6.07, 6.45) is 0. The highest BCUT2D eigenvalue weighted by Crippen LogP contribution is 2.32. The fourth-order valence-corrected chi connectivity index (χ4v) is 2.06. The maximum atomic E-state index is 13.3. The van der Waals surface area contributed by atoms with Crippen molar-refractivity contribution < 1.29 is 18.3 Å². The molecule has 112 valence electrons. The monoisotopic (exact) mass is 293 g/mol. The minimum atomic E-state index is -0.597. The Morgan fingerprint density at radius 1 is 0.952 bits per heavy atom. The van der Waals surface area contributed by atoms with Crippen molar-refractivity contribution in [3.05, 3.63) is 53.6 Å². The topological polar surface area (TPSA) is 30.5 Å². The van der Waals surface area contributed by atoms with Crippen LogP contribution in [0.1, 0.15) is 18.5 Å². The molecule has 0 aliphatic rings. The van der Waals surface area contributed by atoms with E-state index in [4.69, 9.17) is 9.47 Å². The Kier molecular flexibility index (Phi) is 4.62. The minimum Gasteiger partial charge on any atom is -0.497 e. The van der Waals surface area contributed by atoms with Crippen LogP contribution in [-0.2, 0) is 0 Å². The molecular formula is C16H17F2NO2. The van der Waals surface area contributed by atoms with E-state index in [2.05, 4.69) is 5.32 Å². The summed E-state index contributed by atoms with van der Waals surface area (Å²) in [5.74, 6) is 0.0700. The predicted octanol–water partition coefficient (Wildman–Crippen LogP) is 4.16. The van der Waals surface area contributed by atoms with E-state index in [0.29, 0.717) is 17.1 Å². The van der Waals surface area contributed by atoms with Crippen LogP contribution in [0.5, 0.6) is 11.5 Å². The van der Waals surface area contributed by atoms with Crippen molar-refractivity contribution in [2.75, 3.05) is 19.5 Å². The number of halogens is 2. The van der Waals surface area contributed by atoms with Crippen molar-refractivity contribution in [1.82, 2.24) is 0 Å². The highest BCUT2D eigenvalue weighted by atomic mass is 19.1. The first kappa shape index (κ1) is 15.1. The fraction of sp³-hybridized carbons (Fsp3) is 0.250. The Morgan fingerprint density at radius 2 is 1.62 bits per heavy atom. The molecule has 21 heavy (non-hydrogen) atoms. The third-order valence-corrected chi connectivity index (χ3v) is 3.17. The second-order valence-electron chi connectivity index (χ2n) is 4.64. The number of rotatable bonds is 5. The van der Waals surface area contributed by atoms with Gasteiger partial charge in [0.1, 0.15) is 23.1 Å². The van der Waals surface area contributed by atoms with Crippen LogP contribution >= 0.6 is 0 Å². The fourth-order valence-electron chi connectivity index (χ4n) is 2.06. The first-order valence-corrected chi connectivity index (χ1v) is 6.48. The normalized spacial score (nSPS) is 11.9. The number of hydrogen-bond donors (Lipinski definition) is 1. The molecule has 0 heterocycles. The van der Waals surface area contributed by atoms with Crippen LogP contribution in [-0.4, -0.2) is 14.2 Å². The Balaban J connectivity index is 2.24. The zero-order valence-corrected chi connectivity index (χ0v) is 12.1. The van der Waals surface area contributed by atoms with Crippen molar-refractivity contribution in [2.45, 2.75) is 13.0 Å². The van der Waals surface area contributed by atoms with Crippen molar-refractivity contribution in [3.63, 3.8) is 0 Å². The van der Waals surface area contributed by atoms with Crippen molar-refractivity contribution in [1.29, 1.82) is 0 Å². The molecule has 0 aromatic heterocycles. The van der Waals surface area contributed by atoms with Crippen molar-refractivity contribution in [2.24, 2.45) is 0 Å². The molecule has 0 radical (unpaired) electrons. The molecular weight excluding hydrogens is 276 g/mol. The van der Waals surface area contributed by atoms with Crippen LogP contribution in [0.25, 0.3) is 0 Å². The predicted molar refractivity (Wildman–Crippen MR) is 77.9 cm³/mol. The molecule has 0 amide bonds. The first-order valence-electron chi connectivity index (χ1n) is 6.48. The van der Waals surface area contributed by atoms with E-state index in [0.717, 1.165) is 11.8 Å². The van der Waals surface area contributed by atoms with Gasteiger partial charge in [-0.2, -0.15) is 0 Å². The van der Waals surface area contributed by atoms with Gasteiger partial charge >= 0.3 is 0 Å². The number of nitrogens with one attached hydrogen (secondary N) is 1. The molecule has 3 nitrogen and oxygen atoms in total. The number of methoxy groups -OCH3 is 2. The molecule has 0 spiro atoms. The van der Waals surface area contributed by atoms with Crippen molar-refractivity contribution in [3.8, 4) is 11.5 Å². The van der Waals surface area contributed by atoms with E-state index in [-0.39, 0.29) is 6.04 Å². The Hall–Kier alpha value is -2.30. The van der Waals surface area contributed by atoms with Crippen LogP contribution in [0, 0.1) is 11.6 Å². The SMILES string of the molecule is COc1ccc(NC(C)c2cc(F)cc(F)c2)c(OC)c1. The molecule has 1 unspecified atom stereocenters. The van der Waals surface area contributed by atoms with E-state index in [1.807, 2.05) is 6.92 Å². The summed E-state index contributed by atoms with van der Waals surface area (Å²) in [5.41, 5.74) is 1.24. The van der Waals surface area contributed by atoms with Gasteiger partial charge in [-0.25, -0.2) is 8.78 Å². The van der Waals surface area contributed by atoms with Gasteiger partial charge in [-0.05, 0) is 36.8 Å². The van der Waals surface area contributed by atoms with Crippen LogP contribution in [0.3, 0.4) is 0 Å². The van der Waals surface area contributed by atoms with E-state index in [1.54, 1.807) is 32.4 Å². The zero-order chi connectivity index (χ0) is 15.4. The van der Waals surface area contributed by atoms with Gasteiger partial charge in [-0.3, -0.25) is 0 Å². The van der Waals surface area contributed by atoms with Gasteiger partial charge in [0.2, 0.25) is 0 Å². The van der Waals surface area contributed by atoms with Crippen LogP contribution in [0.15, 0.2) is 36.4 Å².